The fourth-order valence-corrected chi connectivity index (χ4v) is 4.61. The minimum Gasteiger partial charge on any atom is -0.468 e. The predicted molar refractivity (Wildman–Crippen MR) is 171 cm³/mol. The number of benzene rings is 1. The number of anilines is 3. The van der Waals surface area contributed by atoms with Crippen molar-refractivity contribution in [3.8, 4) is 11.3 Å². The highest BCUT2D eigenvalue weighted by molar-refractivity contribution is 5.83. The maximum atomic E-state index is 12.5. The van der Waals surface area contributed by atoms with Crippen LogP contribution in [0.5, 0.6) is 0 Å². The van der Waals surface area contributed by atoms with Gasteiger partial charge in [-0.2, -0.15) is 0 Å². The van der Waals surface area contributed by atoms with Crippen LogP contribution in [0.1, 0.15) is 32.8 Å². The maximum absolute atomic E-state index is 12.5. The SMILES string of the molecule is COC(=O)CN1CCN(Cc2cccc(Nc3nccc(-c4ccc(NCCCN(C)C(=O)OC(C)(C)C)nc4)n3)c2)CC1=O. The number of carbonyl (C=O) groups excluding carboxylic acids is 3. The standard InChI is InChI=1S/C32H42N8O5/c1-32(2,3)45-31(43)38(4)15-7-13-33-27-11-10-24(19-35-27)26-12-14-34-30(37-26)36-25-9-6-8-23(18-25)20-39-16-17-40(28(41)21-39)22-29(42)44-5/h6,8-12,14,18-19H,7,13,15-17,20-22H2,1-5H3,(H,33,35)(H,34,36,37). The molecule has 0 spiro atoms. The molecule has 0 unspecified atom stereocenters. The van der Waals surface area contributed by atoms with Crippen LogP contribution in [-0.4, -0.2) is 107 Å². The molecule has 0 aliphatic carbocycles. The molecule has 13 heteroatoms. The van der Waals surface area contributed by atoms with Crippen molar-refractivity contribution >= 4 is 35.4 Å². The molecule has 1 aliphatic rings. The Morgan fingerprint density at radius 2 is 1.91 bits per heavy atom. The predicted octanol–water partition coefficient (Wildman–Crippen LogP) is 3.77. The monoisotopic (exact) mass is 618 g/mol. The Kier molecular flexibility index (Phi) is 11.3. The van der Waals surface area contributed by atoms with Gasteiger partial charge in [0.2, 0.25) is 11.9 Å². The minimum absolute atomic E-state index is 0.0184. The Bertz CT molecular complexity index is 1460. The van der Waals surface area contributed by atoms with Crippen molar-refractivity contribution in [3.63, 3.8) is 0 Å². The van der Waals surface area contributed by atoms with Gasteiger partial charge >= 0.3 is 12.1 Å². The number of rotatable bonds is 12. The summed E-state index contributed by atoms with van der Waals surface area (Å²) in [6, 6.07) is 13.6. The second-order valence-electron chi connectivity index (χ2n) is 11.8. The molecule has 45 heavy (non-hydrogen) atoms. The van der Waals surface area contributed by atoms with Crippen LogP contribution in [0.3, 0.4) is 0 Å². The summed E-state index contributed by atoms with van der Waals surface area (Å²) in [6.45, 7) is 8.73. The van der Waals surface area contributed by atoms with E-state index in [-0.39, 0.29) is 25.1 Å². The third kappa shape index (κ3) is 10.4. The molecule has 1 aliphatic heterocycles. The van der Waals surface area contributed by atoms with Crippen LogP contribution in [-0.2, 0) is 25.6 Å². The number of nitrogens with zero attached hydrogens (tertiary/aromatic N) is 6. The average molecular weight is 619 g/mol. The summed E-state index contributed by atoms with van der Waals surface area (Å²) in [5.74, 6) is 0.676. The van der Waals surface area contributed by atoms with Crippen molar-refractivity contribution in [1.82, 2.24) is 29.7 Å². The first-order chi connectivity index (χ1) is 21.5. The number of carbonyl (C=O) groups is 3. The lowest BCUT2D eigenvalue weighted by molar-refractivity contribution is -0.149. The number of hydrogen-bond acceptors (Lipinski definition) is 11. The molecular weight excluding hydrogens is 576 g/mol. The Balaban J connectivity index is 1.27. The third-order valence-corrected chi connectivity index (χ3v) is 6.93. The number of hydrogen-bond donors (Lipinski definition) is 2. The van der Waals surface area contributed by atoms with E-state index in [2.05, 4.69) is 35.2 Å². The van der Waals surface area contributed by atoms with Crippen molar-refractivity contribution in [3.05, 3.63) is 60.4 Å². The molecule has 1 saturated heterocycles. The highest BCUT2D eigenvalue weighted by Gasteiger charge is 2.26. The lowest BCUT2D eigenvalue weighted by atomic mass is 10.1. The van der Waals surface area contributed by atoms with Crippen LogP contribution >= 0.6 is 0 Å². The van der Waals surface area contributed by atoms with Crippen LogP contribution < -0.4 is 10.6 Å². The summed E-state index contributed by atoms with van der Waals surface area (Å²) in [5, 5.41) is 6.55. The lowest BCUT2D eigenvalue weighted by Gasteiger charge is -2.33. The van der Waals surface area contributed by atoms with Crippen molar-refractivity contribution in [2.24, 2.45) is 0 Å². The number of piperazine rings is 1. The smallest absolute Gasteiger partial charge is 0.410 e. The van der Waals surface area contributed by atoms with Crippen molar-refractivity contribution in [1.29, 1.82) is 0 Å². The third-order valence-electron chi connectivity index (χ3n) is 6.93. The highest BCUT2D eigenvalue weighted by atomic mass is 16.6. The van der Waals surface area contributed by atoms with Gasteiger partial charge in [-0.05, 0) is 63.1 Å². The second kappa shape index (κ2) is 15.3. The molecule has 3 heterocycles. The molecular formula is C32H42N8O5. The zero-order chi connectivity index (χ0) is 32.4. The summed E-state index contributed by atoms with van der Waals surface area (Å²) in [7, 11) is 3.05. The Hall–Kier alpha value is -4.78. The van der Waals surface area contributed by atoms with Crippen LogP contribution in [0.4, 0.5) is 22.2 Å². The first-order valence-electron chi connectivity index (χ1n) is 14.9. The number of esters is 1. The number of ether oxygens (including phenoxy) is 2. The second-order valence-corrected chi connectivity index (χ2v) is 11.8. The number of nitrogens with one attached hydrogen (secondary N) is 2. The van der Waals surface area contributed by atoms with Crippen LogP contribution in [0.15, 0.2) is 54.9 Å². The first-order valence-corrected chi connectivity index (χ1v) is 14.9. The zero-order valence-electron chi connectivity index (χ0n) is 26.6. The van der Waals surface area contributed by atoms with Gasteiger partial charge in [0, 0.05) is 63.4 Å². The molecule has 4 rings (SSSR count). The minimum atomic E-state index is -0.517. The van der Waals surface area contributed by atoms with Crippen LogP contribution in [0.25, 0.3) is 11.3 Å². The molecule has 2 aromatic heterocycles. The Morgan fingerprint density at radius 3 is 2.62 bits per heavy atom. The van der Waals surface area contributed by atoms with E-state index < -0.39 is 11.6 Å². The van der Waals surface area contributed by atoms with Gasteiger partial charge in [-0.1, -0.05) is 12.1 Å². The van der Waals surface area contributed by atoms with Gasteiger partial charge in [0.1, 0.15) is 18.0 Å². The molecule has 2 N–H and O–H groups in total. The summed E-state index contributed by atoms with van der Waals surface area (Å²) in [6.07, 6.45) is 3.86. The highest BCUT2D eigenvalue weighted by Crippen LogP contribution is 2.21. The van der Waals surface area contributed by atoms with E-state index in [0.717, 1.165) is 34.7 Å². The lowest BCUT2D eigenvalue weighted by Crippen LogP contribution is -2.51. The van der Waals surface area contributed by atoms with Gasteiger partial charge in [-0.15, -0.1) is 0 Å². The molecule has 2 amide bonds. The van der Waals surface area contributed by atoms with Gasteiger partial charge in [0.15, 0.2) is 0 Å². The van der Waals surface area contributed by atoms with E-state index in [1.807, 2.05) is 63.2 Å². The average Bonchev–Trinajstić information content (AvgIpc) is 3.00. The number of aromatic nitrogens is 3. The molecule has 13 nitrogen and oxygen atoms in total. The molecule has 1 aromatic carbocycles. The van der Waals surface area contributed by atoms with E-state index in [4.69, 9.17) is 4.74 Å². The van der Waals surface area contributed by atoms with Crippen LogP contribution in [0.2, 0.25) is 0 Å². The number of pyridine rings is 1. The fourth-order valence-electron chi connectivity index (χ4n) is 4.61. The van der Waals surface area contributed by atoms with E-state index in [1.54, 1.807) is 24.3 Å². The summed E-state index contributed by atoms with van der Waals surface area (Å²) < 4.78 is 10.1. The van der Waals surface area contributed by atoms with E-state index in [9.17, 15) is 14.4 Å². The fraction of sp³-hybridized carbons (Fsp3) is 0.438. The quantitative estimate of drug-likeness (QED) is 0.226. The van der Waals surface area contributed by atoms with Crippen LogP contribution in [0, 0.1) is 0 Å². The molecule has 0 saturated carbocycles. The topological polar surface area (TPSA) is 142 Å². The van der Waals surface area contributed by atoms with Crippen molar-refractivity contribution < 1.29 is 23.9 Å². The largest absolute Gasteiger partial charge is 0.468 e. The van der Waals surface area contributed by atoms with Gasteiger partial charge in [0.25, 0.3) is 0 Å². The summed E-state index contributed by atoms with van der Waals surface area (Å²) in [4.78, 5) is 54.8. The number of methoxy groups -OCH3 is 1. The molecule has 0 radical (unpaired) electrons. The van der Waals surface area contributed by atoms with Crippen molar-refractivity contribution in [2.75, 3.05) is 64.1 Å². The maximum Gasteiger partial charge on any atom is 0.410 e. The van der Waals surface area contributed by atoms with Gasteiger partial charge in [-0.25, -0.2) is 19.7 Å². The molecule has 0 bridgehead atoms. The summed E-state index contributed by atoms with van der Waals surface area (Å²) in [5.41, 5.74) is 2.92. The molecule has 3 aromatic rings. The first kappa shape index (κ1) is 33.1. The Morgan fingerprint density at radius 1 is 1.09 bits per heavy atom. The number of amides is 2. The normalized spacial score (nSPS) is 13.7. The van der Waals surface area contributed by atoms with Gasteiger partial charge in [0.05, 0.1) is 19.3 Å². The van der Waals surface area contributed by atoms with Gasteiger partial charge < -0.3 is 29.9 Å². The molecule has 0 atom stereocenters. The van der Waals surface area contributed by atoms with E-state index >= 15 is 0 Å². The Labute approximate surface area is 263 Å². The van der Waals surface area contributed by atoms with E-state index in [1.165, 1.54) is 12.0 Å². The van der Waals surface area contributed by atoms with Gasteiger partial charge in [-0.3, -0.25) is 14.5 Å². The zero-order valence-corrected chi connectivity index (χ0v) is 26.6. The summed E-state index contributed by atoms with van der Waals surface area (Å²) >= 11 is 0. The molecule has 240 valence electrons. The van der Waals surface area contributed by atoms with Crippen molar-refractivity contribution in [2.45, 2.75) is 39.3 Å². The van der Waals surface area contributed by atoms with E-state index in [0.29, 0.717) is 38.7 Å². The molecule has 1 fully saturated rings.